The summed E-state index contributed by atoms with van der Waals surface area (Å²) in [5, 5.41) is 3.78. The minimum atomic E-state index is -0.477. The molecule has 2 aliphatic rings. The van der Waals surface area contributed by atoms with Gasteiger partial charge in [0, 0.05) is 24.9 Å². The molecule has 1 fully saturated rings. The average Bonchev–Trinajstić information content (AvgIpc) is 2.82. The van der Waals surface area contributed by atoms with Gasteiger partial charge in [-0.1, -0.05) is 17.3 Å². The van der Waals surface area contributed by atoms with Gasteiger partial charge in [0.2, 0.25) is 0 Å². The van der Waals surface area contributed by atoms with Crippen LogP contribution in [0.1, 0.15) is 24.8 Å². The second-order valence-electron chi connectivity index (χ2n) is 4.97. The normalized spacial score (nSPS) is 21.1. The van der Waals surface area contributed by atoms with Gasteiger partial charge in [-0.05, 0) is 31.4 Å². The lowest BCUT2D eigenvalue weighted by Gasteiger charge is -2.25. The number of oxime groups is 1. The predicted octanol–water partition coefficient (Wildman–Crippen LogP) is 2.46. The van der Waals surface area contributed by atoms with Crippen LogP contribution in [0.4, 0.5) is 4.39 Å². The van der Waals surface area contributed by atoms with Gasteiger partial charge in [-0.2, -0.15) is 0 Å². The maximum Gasteiger partial charge on any atom is 0.369 e. The van der Waals surface area contributed by atoms with E-state index in [1.807, 2.05) is 0 Å². The van der Waals surface area contributed by atoms with Gasteiger partial charge in [-0.15, -0.1) is 0 Å². The monoisotopic (exact) mass is 274 g/mol. The van der Waals surface area contributed by atoms with Crippen molar-refractivity contribution in [3.8, 4) is 0 Å². The number of rotatable bonds is 2. The Labute approximate surface area is 116 Å². The van der Waals surface area contributed by atoms with Gasteiger partial charge in [0.1, 0.15) is 17.1 Å². The molecule has 4 nitrogen and oxygen atoms in total. The van der Waals surface area contributed by atoms with Crippen molar-refractivity contribution in [1.82, 2.24) is 4.90 Å². The highest BCUT2D eigenvalue weighted by atomic mass is 19.1. The van der Waals surface area contributed by atoms with Gasteiger partial charge in [0.15, 0.2) is 0 Å². The molecule has 1 aromatic rings. The fourth-order valence-corrected chi connectivity index (χ4v) is 2.47. The van der Waals surface area contributed by atoms with Crippen LogP contribution in [0, 0.1) is 5.82 Å². The molecule has 0 bridgehead atoms. The van der Waals surface area contributed by atoms with Crippen LogP contribution < -0.4 is 0 Å². The van der Waals surface area contributed by atoms with Crippen LogP contribution in [0.3, 0.4) is 0 Å². The van der Waals surface area contributed by atoms with E-state index >= 15 is 0 Å². The van der Waals surface area contributed by atoms with Gasteiger partial charge in [0.25, 0.3) is 0 Å². The van der Waals surface area contributed by atoms with Crippen LogP contribution in [-0.2, 0) is 9.63 Å². The zero-order valence-electron chi connectivity index (χ0n) is 11.0. The van der Waals surface area contributed by atoms with Gasteiger partial charge in [-0.25, -0.2) is 9.18 Å². The van der Waals surface area contributed by atoms with Gasteiger partial charge in [-0.3, -0.25) is 0 Å². The molecule has 3 rings (SSSR count). The van der Waals surface area contributed by atoms with Gasteiger partial charge < -0.3 is 9.74 Å². The van der Waals surface area contributed by atoms with E-state index in [0.717, 1.165) is 25.9 Å². The second-order valence-corrected chi connectivity index (χ2v) is 4.97. The molecule has 104 valence electrons. The van der Waals surface area contributed by atoms with E-state index in [4.69, 9.17) is 4.84 Å². The summed E-state index contributed by atoms with van der Waals surface area (Å²) in [6.07, 6.45) is 5.24. The lowest BCUT2D eigenvalue weighted by Crippen LogP contribution is -2.26. The lowest BCUT2D eigenvalue weighted by atomic mass is 10.0. The molecule has 0 aromatic heterocycles. The Morgan fingerprint density at radius 3 is 2.80 bits per heavy atom. The zero-order valence-corrected chi connectivity index (χ0v) is 11.0. The maximum atomic E-state index is 13.3. The Balaban J connectivity index is 1.90. The quantitative estimate of drug-likeness (QED) is 0.614. The minimum absolute atomic E-state index is 0.359. The van der Waals surface area contributed by atoms with Crippen molar-refractivity contribution in [2.24, 2.45) is 5.16 Å². The fraction of sp³-hybridized carbons (Fsp3) is 0.333. The van der Waals surface area contributed by atoms with Crippen molar-refractivity contribution in [3.05, 3.63) is 47.4 Å². The van der Waals surface area contributed by atoms with Crippen LogP contribution in [0.25, 0.3) is 0 Å². The summed E-state index contributed by atoms with van der Waals surface area (Å²) >= 11 is 0. The van der Waals surface area contributed by atoms with Crippen LogP contribution in [0.15, 0.2) is 41.2 Å². The number of hydrogen-bond donors (Lipinski definition) is 0. The molecule has 0 saturated carbocycles. The summed E-state index contributed by atoms with van der Waals surface area (Å²) in [4.78, 5) is 18.6. The molecule has 0 atom stereocenters. The molecule has 0 aliphatic carbocycles. The molecule has 1 aromatic carbocycles. The highest BCUT2D eigenvalue weighted by molar-refractivity contribution is 6.28. The van der Waals surface area contributed by atoms with Gasteiger partial charge in [0.05, 0.1) is 0 Å². The molecule has 0 unspecified atom stereocenters. The third-order valence-corrected chi connectivity index (χ3v) is 3.50. The molecule has 0 amide bonds. The highest BCUT2D eigenvalue weighted by Crippen LogP contribution is 2.20. The third kappa shape index (κ3) is 2.57. The highest BCUT2D eigenvalue weighted by Gasteiger charge is 2.28. The topological polar surface area (TPSA) is 41.9 Å². The van der Waals surface area contributed by atoms with E-state index < -0.39 is 5.97 Å². The number of nitrogens with zero attached hydrogens (tertiary/aromatic N) is 2. The molecule has 1 saturated heterocycles. The number of likely N-dealkylation sites (tertiary alicyclic amines) is 1. The van der Waals surface area contributed by atoms with E-state index in [1.165, 1.54) is 18.6 Å². The first-order chi connectivity index (χ1) is 9.74. The number of hydrogen-bond acceptors (Lipinski definition) is 4. The van der Waals surface area contributed by atoms with Crippen molar-refractivity contribution in [2.45, 2.75) is 19.3 Å². The Hall–Kier alpha value is -2.17. The molecule has 0 radical (unpaired) electrons. The zero-order chi connectivity index (χ0) is 13.9. The number of halogens is 1. The number of benzene rings is 1. The smallest absolute Gasteiger partial charge is 0.369 e. The molecule has 0 N–H and O–H groups in total. The van der Waals surface area contributed by atoms with Crippen molar-refractivity contribution in [1.29, 1.82) is 0 Å². The van der Waals surface area contributed by atoms with Crippen LogP contribution in [0.2, 0.25) is 0 Å². The third-order valence-electron chi connectivity index (χ3n) is 3.50. The van der Waals surface area contributed by atoms with Crippen molar-refractivity contribution < 1.29 is 14.0 Å². The largest absolute Gasteiger partial charge is 0.377 e. The minimum Gasteiger partial charge on any atom is -0.377 e. The molecule has 2 heterocycles. The van der Waals surface area contributed by atoms with Crippen LogP contribution in [0.5, 0.6) is 0 Å². The predicted molar refractivity (Wildman–Crippen MR) is 72.5 cm³/mol. The Morgan fingerprint density at radius 2 is 2.05 bits per heavy atom. The molecular weight excluding hydrogens is 259 g/mol. The Kier molecular flexibility index (Phi) is 3.50. The van der Waals surface area contributed by atoms with Crippen LogP contribution >= 0.6 is 0 Å². The Morgan fingerprint density at radius 1 is 1.25 bits per heavy atom. The summed E-state index contributed by atoms with van der Waals surface area (Å²) in [7, 11) is 0. The molecule has 0 spiro atoms. The van der Waals surface area contributed by atoms with Crippen LogP contribution in [-0.4, -0.2) is 29.7 Å². The van der Waals surface area contributed by atoms with E-state index in [-0.39, 0.29) is 5.82 Å². The SMILES string of the molecule is O=C1ON=C(c2cccc(F)c2)/C1=C/N1CCCCC1. The lowest BCUT2D eigenvalue weighted by molar-refractivity contribution is -0.136. The number of carbonyl (C=O) groups is 1. The number of carbonyl (C=O) groups excluding carboxylic acids is 1. The van der Waals surface area contributed by atoms with Crippen molar-refractivity contribution in [3.63, 3.8) is 0 Å². The van der Waals surface area contributed by atoms with E-state index in [9.17, 15) is 9.18 Å². The second kappa shape index (κ2) is 5.45. The van der Waals surface area contributed by atoms with Crippen molar-refractivity contribution >= 4 is 11.7 Å². The summed E-state index contributed by atoms with van der Waals surface area (Å²) in [6.45, 7) is 1.85. The summed E-state index contributed by atoms with van der Waals surface area (Å²) < 4.78 is 13.3. The summed E-state index contributed by atoms with van der Waals surface area (Å²) in [6, 6.07) is 6.02. The summed E-state index contributed by atoms with van der Waals surface area (Å²) in [5.41, 5.74) is 1.36. The number of piperidine rings is 1. The maximum absolute atomic E-state index is 13.3. The van der Waals surface area contributed by atoms with Gasteiger partial charge >= 0.3 is 5.97 Å². The summed E-state index contributed by atoms with van der Waals surface area (Å²) in [5.74, 6) is -0.836. The standard InChI is InChI=1S/C15H15FN2O2/c16-12-6-4-5-11(9-12)14-13(15(19)20-17-14)10-18-7-2-1-3-8-18/h4-6,9-10H,1-3,7-8H2/b13-10-. The molecule has 5 heteroatoms. The molecule has 2 aliphatic heterocycles. The van der Waals surface area contributed by atoms with E-state index in [0.29, 0.717) is 16.8 Å². The van der Waals surface area contributed by atoms with E-state index in [2.05, 4.69) is 10.1 Å². The molecular formula is C15H15FN2O2. The van der Waals surface area contributed by atoms with E-state index in [1.54, 1.807) is 18.3 Å². The fourth-order valence-electron chi connectivity index (χ4n) is 2.47. The Bertz CT molecular complexity index is 589. The van der Waals surface area contributed by atoms with Crippen molar-refractivity contribution in [2.75, 3.05) is 13.1 Å². The first-order valence-corrected chi connectivity index (χ1v) is 6.75. The first kappa shape index (κ1) is 12.8. The average molecular weight is 274 g/mol. The molecule has 20 heavy (non-hydrogen) atoms. The first-order valence-electron chi connectivity index (χ1n) is 6.75.